The lowest BCUT2D eigenvalue weighted by molar-refractivity contribution is -0.120. The van der Waals surface area contributed by atoms with Crippen molar-refractivity contribution in [2.24, 2.45) is 4.99 Å². The van der Waals surface area contributed by atoms with Crippen LogP contribution in [0.4, 0.5) is 10.2 Å². The summed E-state index contributed by atoms with van der Waals surface area (Å²) in [5.74, 6) is 1.09. The summed E-state index contributed by atoms with van der Waals surface area (Å²) in [4.78, 5) is 22.1. The zero-order chi connectivity index (χ0) is 19.1. The first-order valence-electron chi connectivity index (χ1n) is 8.77. The van der Waals surface area contributed by atoms with Gasteiger partial charge in [0.05, 0.1) is 19.4 Å². The van der Waals surface area contributed by atoms with Gasteiger partial charge in [-0.3, -0.25) is 9.79 Å². The minimum absolute atomic E-state index is 0.0868. The van der Waals surface area contributed by atoms with Gasteiger partial charge in [-0.2, -0.15) is 0 Å². The van der Waals surface area contributed by atoms with Crippen LogP contribution in [0.3, 0.4) is 0 Å². The van der Waals surface area contributed by atoms with Gasteiger partial charge in [0, 0.05) is 32.4 Å². The van der Waals surface area contributed by atoms with E-state index in [0.717, 1.165) is 6.42 Å². The summed E-state index contributed by atoms with van der Waals surface area (Å²) < 4.78 is 19.0. The average molecular weight is 374 g/mol. The average Bonchev–Trinajstić information content (AvgIpc) is 3.35. The van der Waals surface area contributed by atoms with Crippen LogP contribution in [0.5, 0.6) is 0 Å². The number of nitrogens with one attached hydrogen (secondary N) is 3. The Bertz CT molecular complexity index is 780. The van der Waals surface area contributed by atoms with Gasteiger partial charge in [-0.15, -0.1) is 0 Å². The van der Waals surface area contributed by atoms with Crippen LogP contribution < -0.4 is 20.9 Å². The third-order valence-corrected chi connectivity index (χ3v) is 4.25. The van der Waals surface area contributed by atoms with Crippen molar-refractivity contribution in [1.29, 1.82) is 0 Å². The lowest BCUT2D eigenvalue weighted by Gasteiger charge is -2.19. The summed E-state index contributed by atoms with van der Waals surface area (Å²) in [6.45, 7) is 1.74. The van der Waals surface area contributed by atoms with Crippen LogP contribution in [0.15, 0.2) is 46.1 Å². The Morgan fingerprint density at radius 1 is 1.41 bits per heavy atom. The highest BCUT2D eigenvalue weighted by atomic mass is 19.1. The van der Waals surface area contributed by atoms with Crippen LogP contribution in [0, 0.1) is 5.82 Å². The minimum atomic E-state index is -0.325. The Morgan fingerprint density at radius 3 is 3.04 bits per heavy atom. The Morgan fingerprint density at radius 2 is 2.30 bits per heavy atom. The van der Waals surface area contributed by atoms with Crippen molar-refractivity contribution in [1.82, 2.24) is 20.9 Å². The molecule has 27 heavy (non-hydrogen) atoms. The molecule has 2 aromatic rings. The number of anilines is 1. The number of aliphatic imine (C=N–C) groups is 1. The standard InChI is InChI=1S/C18H23FN6O2/c1-20-18(23-11-16(26)22-10-14-4-3-9-27-14)24-13-6-8-25(12-13)17-15(19)5-2-7-21-17/h2-5,7,9,13H,6,8,10-12H2,1H3,(H,22,26)(H2,20,23,24). The van der Waals surface area contributed by atoms with E-state index in [9.17, 15) is 9.18 Å². The van der Waals surface area contributed by atoms with Gasteiger partial charge in [0.2, 0.25) is 5.91 Å². The fourth-order valence-electron chi connectivity index (χ4n) is 2.89. The summed E-state index contributed by atoms with van der Waals surface area (Å²) in [6, 6.07) is 6.64. The largest absolute Gasteiger partial charge is 0.467 e. The number of hydrogen-bond acceptors (Lipinski definition) is 5. The van der Waals surface area contributed by atoms with Crippen molar-refractivity contribution in [3.63, 3.8) is 0 Å². The number of carbonyl (C=O) groups excluding carboxylic acids is 1. The monoisotopic (exact) mass is 374 g/mol. The first-order chi connectivity index (χ1) is 13.2. The van der Waals surface area contributed by atoms with Crippen LogP contribution >= 0.6 is 0 Å². The van der Waals surface area contributed by atoms with Gasteiger partial charge >= 0.3 is 0 Å². The molecule has 2 aromatic heterocycles. The molecule has 3 heterocycles. The van der Waals surface area contributed by atoms with Crippen LogP contribution in [0.1, 0.15) is 12.2 Å². The van der Waals surface area contributed by atoms with Crippen molar-refractivity contribution in [2.75, 3.05) is 31.6 Å². The molecule has 0 spiro atoms. The molecule has 0 saturated carbocycles. The summed E-state index contributed by atoms with van der Waals surface area (Å²) >= 11 is 0. The number of aromatic nitrogens is 1. The van der Waals surface area contributed by atoms with Crippen molar-refractivity contribution in [3.05, 3.63) is 48.3 Å². The predicted octanol–water partition coefficient (Wildman–Crippen LogP) is 0.874. The third-order valence-electron chi connectivity index (χ3n) is 4.25. The molecule has 1 atom stereocenters. The van der Waals surface area contributed by atoms with Gasteiger partial charge in [0.15, 0.2) is 17.6 Å². The lowest BCUT2D eigenvalue weighted by Crippen LogP contribution is -2.47. The fourth-order valence-corrected chi connectivity index (χ4v) is 2.89. The fraction of sp³-hybridized carbons (Fsp3) is 0.389. The molecular formula is C18H23FN6O2. The molecule has 8 nitrogen and oxygen atoms in total. The summed E-state index contributed by atoms with van der Waals surface area (Å²) in [5, 5.41) is 9.00. The lowest BCUT2D eigenvalue weighted by atomic mass is 10.3. The zero-order valence-electron chi connectivity index (χ0n) is 15.1. The van der Waals surface area contributed by atoms with E-state index >= 15 is 0 Å². The maximum atomic E-state index is 13.9. The first kappa shape index (κ1) is 18.7. The van der Waals surface area contributed by atoms with Crippen molar-refractivity contribution >= 4 is 17.7 Å². The van der Waals surface area contributed by atoms with E-state index in [0.29, 0.717) is 37.2 Å². The second-order valence-corrected chi connectivity index (χ2v) is 6.17. The molecule has 1 amide bonds. The highest BCUT2D eigenvalue weighted by Crippen LogP contribution is 2.20. The number of amides is 1. The Balaban J connectivity index is 1.42. The van der Waals surface area contributed by atoms with Gasteiger partial charge in [-0.05, 0) is 30.7 Å². The minimum Gasteiger partial charge on any atom is -0.467 e. The first-order valence-corrected chi connectivity index (χ1v) is 8.77. The second-order valence-electron chi connectivity index (χ2n) is 6.17. The Hall–Kier alpha value is -3.10. The number of hydrogen-bond donors (Lipinski definition) is 3. The van der Waals surface area contributed by atoms with Gasteiger partial charge in [0.25, 0.3) is 0 Å². The summed E-state index contributed by atoms with van der Waals surface area (Å²) in [6.07, 6.45) is 3.97. The van der Waals surface area contributed by atoms with Gasteiger partial charge < -0.3 is 25.3 Å². The topological polar surface area (TPSA) is 94.8 Å². The predicted molar refractivity (Wildman–Crippen MR) is 99.9 cm³/mol. The van der Waals surface area contributed by atoms with E-state index in [1.807, 2.05) is 4.90 Å². The molecule has 1 unspecified atom stereocenters. The van der Waals surface area contributed by atoms with E-state index in [1.165, 1.54) is 6.07 Å². The number of pyridine rings is 1. The molecule has 0 aromatic carbocycles. The highest BCUT2D eigenvalue weighted by molar-refractivity contribution is 5.86. The van der Waals surface area contributed by atoms with E-state index in [4.69, 9.17) is 4.42 Å². The van der Waals surface area contributed by atoms with Crippen molar-refractivity contribution < 1.29 is 13.6 Å². The van der Waals surface area contributed by atoms with Gasteiger partial charge in [0.1, 0.15) is 5.76 Å². The second kappa shape index (κ2) is 9.02. The number of rotatable bonds is 6. The zero-order valence-corrected chi connectivity index (χ0v) is 15.1. The maximum Gasteiger partial charge on any atom is 0.239 e. The summed E-state index contributed by atoms with van der Waals surface area (Å²) in [5.41, 5.74) is 0. The number of furan rings is 1. The molecule has 1 fully saturated rings. The van der Waals surface area contributed by atoms with Crippen LogP contribution in [-0.2, 0) is 11.3 Å². The maximum absolute atomic E-state index is 13.9. The molecule has 1 aliphatic heterocycles. The molecular weight excluding hydrogens is 351 g/mol. The smallest absolute Gasteiger partial charge is 0.239 e. The van der Waals surface area contributed by atoms with E-state index < -0.39 is 0 Å². The van der Waals surface area contributed by atoms with Crippen LogP contribution in [-0.4, -0.2) is 49.6 Å². The number of halogens is 1. The quantitative estimate of drug-likeness (QED) is 0.513. The molecule has 144 valence electrons. The van der Waals surface area contributed by atoms with Crippen LogP contribution in [0.25, 0.3) is 0 Å². The van der Waals surface area contributed by atoms with Gasteiger partial charge in [-0.25, -0.2) is 9.37 Å². The number of carbonyl (C=O) groups is 1. The summed E-state index contributed by atoms with van der Waals surface area (Å²) in [7, 11) is 1.64. The molecule has 0 bridgehead atoms. The highest BCUT2D eigenvalue weighted by Gasteiger charge is 2.26. The van der Waals surface area contributed by atoms with Crippen molar-refractivity contribution in [3.8, 4) is 0 Å². The molecule has 1 saturated heterocycles. The molecule has 0 aliphatic carbocycles. The molecule has 1 aliphatic rings. The molecule has 9 heteroatoms. The number of guanidine groups is 1. The third kappa shape index (κ3) is 5.19. The molecule has 0 radical (unpaired) electrons. The van der Waals surface area contributed by atoms with Crippen LogP contribution in [0.2, 0.25) is 0 Å². The van der Waals surface area contributed by atoms with E-state index in [-0.39, 0.29) is 24.3 Å². The van der Waals surface area contributed by atoms with Crippen molar-refractivity contribution in [2.45, 2.75) is 19.0 Å². The van der Waals surface area contributed by atoms with E-state index in [2.05, 4.69) is 25.9 Å². The molecule has 3 rings (SSSR count). The Kier molecular flexibility index (Phi) is 6.24. The van der Waals surface area contributed by atoms with E-state index in [1.54, 1.807) is 37.7 Å². The SMILES string of the molecule is CN=C(NCC(=O)NCc1ccco1)NC1CCN(c2ncccc2F)C1. The number of nitrogens with zero attached hydrogens (tertiary/aromatic N) is 3. The normalized spacial score (nSPS) is 17.0. The Labute approximate surface area is 156 Å². The van der Waals surface area contributed by atoms with Gasteiger partial charge in [-0.1, -0.05) is 0 Å². The molecule has 3 N–H and O–H groups in total.